The number of hydrogen-bond acceptors (Lipinski definition) is 3. The maximum absolute atomic E-state index is 6.28. The van der Waals surface area contributed by atoms with E-state index in [1.54, 1.807) is 7.11 Å². The molecule has 2 atom stereocenters. The van der Waals surface area contributed by atoms with Gasteiger partial charge in [-0.1, -0.05) is 19.1 Å². The molecule has 0 aliphatic carbocycles. The van der Waals surface area contributed by atoms with Crippen LogP contribution in [0, 0.1) is 0 Å². The second-order valence-electron chi connectivity index (χ2n) is 5.21. The van der Waals surface area contributed by atoms with Gasteiger partial charge in [-0.2, -0.15) is 0 Å². The number of ether oxygens (including phenoxy) is 2. The highest BCUT2D eigenvalue weighted by atomic mass is 16.5. The van der Waals surface area contributed by atoms with Crippen LogP contribution < -0.4 is 4.74 Å². The Hall–Kier alpha value is -1.06. The molecule has 1 heterocycles. The highest BCUT2D eigenvalue weighted by Gasteiger charge is 2.38. The number of methoxy groups -OCH3 is 1. The number of rotatable bonds is 3. The summed E-state index contributed by atoms with van der Waals surface area (Å²) < 4.78 is 11.6. The first kappa shape index (κ1) is 13.4. The maximum atomic E-state index is 6.28. The summed E-state index contributed by atoms with van der Waals surface area (Å²) in [6.07, 6.45) is 1.23. The molecule has 2 rings (SSSR count). The molecule has 1 aliphatic rings. The molecule has 1 aromatic carbocycles. The van der Waals surface area contributed by atoms with E-state index < -0.39 is 0 Å². The van der Waals surface area contributed by atoms with Gasteiger partial charge in [0.05, 0.1) is 13.2 Å². The van der Waals surface area contributed by atoms with Crippen LogP contribution in [-0.4, -0.2) is 38.3 Å². The van der Waals surface area contributed by atoms with Gasteiger partial charge < -0.3 is 14.4 Å². The van der Waals surface area contributed by atoms with Gasteiger partial charge in [0.1, 0.15) is 11.4 Å². The standard InChI is InChI=1S/C15H23NO2/c1-5-15(11-16(3)10-12(2)18-15)13-7-6-8-14(9-13)17-4/h6-9,12H,5,10-11H2,1-4H3. The van der Waals surface area contributed by atoms with Crippen molar-refractivity contribution in [3.05, 3.63) is 29.8 Å². The van der Waals surface area contributed by atoms with Crippen LogP contribution in [0.4, 0.5) is 0 Å². The quantitative estimate of drug-likeness (QED) is 0.822. The molecule has 0 amide bonds. The topological polar surface area (TPSA) is 21.7 Å². The molecule has 100 valence electrons. The van der Waals surface area contributed by atoms with Crippen LogP contribution in [0.3, 0.4) is 0 Å². The van der Waals surface area contributed by atoms with Crippen LogP contribution in [0.1, 0.15) is 25.8 Å². The van der Waals surface area contributed by atoms with Gasteiger partial charge in [-0.3, -0.25) is 0 Å². The molecule has 1 fully saturated rings. The lowest BCUT2D eigenvalue weighted by atomic mass is 9.88. The summed E-state index contributed by atoms with van der Waals surface area (Å²) in [5, 5.41) is 0. The summed E-state index contributed by atoms with van der Waals surface area (Å²) in [6, 6.07) is 8.24. The third-order valence-electron chi connectivity index (χ3n) is 3.69. The van der Waals surface area contributed by atoms with E-state index in [1.807, 2.05) is 12.1 Å². The molecule has 0 radical (unpaired) electrons. The van der Waals surface area contributed by atoms with Gasteiger partial charge in [-0.25, -0.2) is 0 Å². The van der Waals surface area contributed by atoms with Gasteiger partial charge in [-0.15, -0.1) is 0 Å². The lowest BCUT2D eigenvalue weighted by molar-refractivity contribution is -0.151. The molecule has 18 heavy (non-hydrogen) atoms. The van der Waals surface area contributed by atoms with Crippen molar-refractivity contribution >= 4 is 0 Å². The van der Waals surface area contributed by atoms with Gasteiger partial charge in [0.15, 0.2) is 0 Å². The molecule has 1 aliphatic heterocycles. The Morgan fingerprint density at radius 2 is 2.28 bits per heavy atom. The van der Waals surface area contributed by atoms with Crippen LogP contribution in [-0.2, 0) is 10.3 Å². The minimum atomic E-state index is -0.207. The molecule has 3 heteroatoms. The van der Waals surface area contributed by atoms with Gasteiger partial charge in [0.2, 0.25) is 0 Å². The van der Waals surface area contributed by atoms with Crippen molar-refractivity contribution < 1.29 is 9.47 Å². The van der Waals surface area contributed by atoms with Crippen LogP contribution in [0.2, 0.25) is 0 Å². The molecule has 1 saturated heterocycles. The largest absolute Gasteiger partial charge is 0.497 e. The molecule has 0 saturated carbocycles. The van der Waals surface area contributed by atoms with E-state index in [9.17, 15) is 0 Å². The summed E-state index contributed by atoms with van der Waals surface area (Å²) in [7, 11) is 3.86. The van der Waals surface area contributed by atoms with Crippen molar-refractivity contribution in [1.82, 2.24) is 4.90 Å². The molecule has 0 spiro atoms. The smallest absolute Gasteiger partial charge is 0.119 e. The Labute approximate surface area is 110 Å². The number of morpholine rings is 1. The van der Waals surface area contributed by atoms with E-state index in [2.05, 4.69) is 37.9 Å². The number of hydrogen-bond donors (Lipinski definition) is 0. The summed E-state index contributed by atoms with van der Waals surface area (Å²) in [5.74, 6) is 0.893. The summed E-state index contributed by atoms with van der Waals surface area (Å²) in [5.41, 5.74) is 1.00. The molecule has 3 nitrogen and oxygen atoms in total. The van der Waals surface area contributed by atoms with Gasteiger partial charge >= 0.3 is 0 Å². The summed E-state index contributed by atoms with van der Waals surface area (Å²) >= 11 is 0. The molecule has 1 aromatic rings. The molecular formula is C15H23NO2. The predicted molar refractivity (Wildman–Crippen MR) is 73.0 cm³/mol. The zero-order chi connectivity index (χ0) is 13.2. The Kier molecular flexibility index (Phi) is 3.93. The van der Waals surface area contributed by atoms with E-state index in [0.717, 1.165) is 25.3 Å². The van der Waals surface area contributed by atoms with Gasteiger partial charge in [-0.05, 0) is 38.1 Å². The highest BCUT2D eigenvalue weighted by Crippen LogP contribution is 2.36. The molecule has 0 N–H and O–H groups in total. The van der Waals surface area contributed by atoms with E-state index in [1.165, 1.54) is 5.56 Å². The second-order valence-corrected chi connectivity index (χ2v) is 5.21. The van der Waals surface area contributed by atoms with Gasteiger partial charge in [0, 0.05) is 13.1 Å². The lowest BCUT2D eigenvalue weighted by Crippen LogP contribution is -2.51. The van der Waals surface area contributed by atoms with Crippen molar-refractivity contribution in [2.24, 2.45) is 0 Å². The number of likely N-dealkylation sites (N-methyl/N-ethyl adjacent to an activating group) is 1. The fourth-order valence-corrected chi connectivity index (χ4v) is 2.86. The Morgan fingerprint density at radius 1 is 1.50 bits per heavy atom. The second kappa shape index (κ2) is 5.29. The number of benzene rings is 1. The molecule has 0 aromatic heterocycles. The Morgan fingerprint density at radius 3 is 2.89 bits per heavy atom. The van der Waals surface area contributed by atoms with E-state index in [-0.39, 0.29) is 11.7 Å². The molecule has 2 unspecified atom stereocenters. The first-order valence-corrected chi connectivity index (χ1v) is 6.60. The van der Waals surface area contributed by atoms with Gasteiger partial charge in [0.25, 0.3) is 0 Å². The van der Waals surface area contributed by atoms with Crippen molar-refractivity contribution in [2.45, 2.75) is 32.0 Å². The highest BCUT2D eigenvalue weighted by molar-refractivity contribution is 5.33. The van der Waals surface area contributed by atoms with Crippen LogP contribution in [0.25, 0.3) is 0 Å². The van der Waals surface area contributed by atoms with Crippen LogP contribution in [0.15, 0.2) is 24.3 Å². The first-order valence-electron chi connectivity index (χ1n) is 6.60. The minimum absolute atomic E-state index is 0.207. The average molecular weight is 249 g/mol. The normalized spacial score (nSPS) is 29.2. The van der Waals surface area contributed by atoms with Crippen molar-refractivity contribution in [1.29, 1.82) is 0 Å². The average Bonchev–Trinajstić information content (AvgIpc) is 2.37. The SMILES string of the molecule is CCC1(c2cccc(OC)c2)CN(C)CC(C)O1. The van der Waals surface area contributed by atoms with Crippen LogP contribution >= 0.6 is 0 Å². The Balaban J connectivity index is 2.35. The first-order chi connectivity index (χ1) is 8.59. The fourth-order valence-electron chi connectivity index (χ4n) is 2.86. The molecular weight excluding hydrogens is 226 g/mol. The van der Waals surface area contributed by atoms with E-state index in [4.69, 9.17) is 9.47 Å². The minimum Gasteiger partial charge on any atom is -0.497 e. The van der Waals surface area contributed by atoms with Crippen molar-refractivity contribution in [2.75, 3.05) is 27.2 Å². The lowest BCUT2D eigenvalue weighted by Gasteiger charge is -2.44. The maximum Gasteiger partial charge on any atom is 0.119 e. The predicted octanol–water partition coefficient (Wildman–Crippen LogP) is 2.65. The third-order valence-corrected chi connectivity index (χ3v) is 3.69. The van der Waals surface area contributed by atoms with Crippen LogP contribution in [0.5, 0.6) is 5.75 Å². The zero-order valence-corrected chi connectivity index (χ0v) is 11.8. The van der Waals surface area contributed by atoms with Crippen molar-refractivity contribution in [3.63, 3.8) is 0 Å². The molecule has 0 bridgehead atoms. The Bertz CT molecular complexity index is 395. The third kappa shape index (κ3) is 2.52. The zero-order valence-electron chi connectivity index (χ0n) is 11.8. The summed E-state index contributed by atoms with van der Waals surface area (Å²) in [6.45, 7) is 6.25. The van der Waals surface area contributed by atoms with E-state index >= 15 is 0 Å². The fraction of sp³-hybridized carbons (Fsp3) is 0.600. The number of nitrogens with zero attached hydrogens (tertiary/aromatic N) is 1. The van der Waals surface area contributed by atoms with Crippen molar-refractivity contribution in [3.8, 4) is 5.75 Å². The summed E-state index contributed by atoms with van der Waals surface area (Å²) in [4.78, 5) is 2.34. The van der Waals surface area contributed by atoms with E-state index in [0.29, 0.717) is 0 Å². The monoisotopic (exact) mass is 249 g/mol.